The normalized spacial score (nSPS) is 10.9. The summed E-state index contributed by atoms with van der Waals surface area (Å²) in [5, 5.41) is 4.22. The molecule has 0 saturated carbocycles. The van der Waals surface area contributed by atoms with Gasteiger partial charge in [-0.25, -0.2) is 23.9 Å². The van der Waals surface area contributed by atoms with Crippen molar-refractivity contribution in [1.82, 2.24) is 24.6 Å². The van der Waals surface area contributed by atoms with Gasteiger partial charge in [-0.3, -0.25) is 0 Å². The van der Waals surface area contributed by atoms with Crippen LogP contribution in [0.1, 0.15) is 8.42 Å². The number of anilines is 1. The van der Waals surface area contributed by atoms with Crippen molar-refractivity contribution in [2.75, 3.05) is 5.73 Å². The number of benzene rings is 1. The number of rotatable bonds is 4. The molecule has 1 aromatic carbocycles. The molecule has 0 unspecified atom stereocenters. The fourth-order valence-corrected chi connectivity index (χ4v) is 2.44. The fourth-order valence-electron chi connectivity index (χ4n) is 2.44. The molecule has 0 bridgehead atoms. The van der Waals surface area contributed by atoms with Gasteiger partial charge in [-0.2, -0.15) is 0 Å². The molecule has 0 aliphatic heterocycles. The van der Waals surface area contributed by atoms with Gasteiger partial charge in [0.05, 0.1) is 11.3 Å². The van der Waals surface area contributed by atoms with E-state index >= 15 is 0 Å². The minimum atomic E-state index is -0.288. The first-order chi connectivity index (χ1) is 12.2. The standard InChI is InChI=1S/C17H13FN6O.2H2/c18-12-4-2-11(3-5-12)9-25-14-8-13(21-10-22-14)15-16(19)23-24-7-1-6-20-17(15)24;;/h1-8,10H,9H2,(H2,19,23);2*1H. The molecule has 0 atom stereocenters. The second kappa shape index (κ2) is 6.16. The first-order valence-corrected chi connectivity index (χ1v) is 7.49. The largest absolute Gasteiger partial charge is 0.473 e. The Balaban J connectivity index is 0.00000131. The maximum absolute atomic E-state index is 12.9. The molecule has 0 aliphatic rings. The van der Waals surface area contributed by atoms with E-state index in [0.29, 0.717) is 28.6 Å². The third-order valence-electron chi connectivity index (χ3n) is 3.62. The minimum absolute atomic E-state index is 0. The van der Waals surface area contributed by atoms with Gasteiger partial charge in [0.1, 0.15) is 18.8 Å². The highest BCUT2D eigenvalue weighted by Gasteiger charge is 2.15. The van der Waals surface area contributed by atoms with Crippen LogP contribution in [0.4, 0.5) is 10.2 Å². The second-order valence-electron chi connectivity index (χ2n) is 5.30. The number of nitrogen functional groups attached to an aromatic ring is 1. The molecule has 0 spiro atoms. The van der Waals surface area contributed by atoms with Crippen molar-refractivity contribution in [3.8, 4) is 17.1 Å². The van der Waals surface area contributed by atoms with Gasteiger partial charge in [-0.05, 0) is 23.8 Å². The highest BCUT2D eigenvalue weighted by atomic mass is 19.1. The molecule has 7 nitrogen and oxygen atoms in total. The minimum Gasteiger partial charge on any atom is -0.473 e. The molecule has 4 aromatic rings. The lowest BCUT2D eigenvalue weighted by Crippen LogP contribution is -1.99. The van der Waals surface area contributed by atoms with Gasteiger partial charge in [-0.1, -0.05) is 12.1 Å². The van der Waals surface area contributed by atoms with Gasteiger partial charge in [0.2, 0.25) is 5.88 Å². The lowest BCUT2D eigenvalue weighted by Gasteiger charge is -2.06. The van der Waals surface area contributed by atoms with Gasteiger partial charge in [0.15, 0.2) is 11.5 Å². The molecule has 8 heteroatoms. The van der Waals surface area contributed by atoms with Gasteiger partial charge in [0.25, 0.3) is 0 Å². The topological polar surface area (TPSA) is 91.2 Å². The van der Waals surface area contributed by atoms with Crippen LogP contribution in [0, 0.1) is 5.82 Å². The zero-order chi connectivity index (χ0) is 17.2. The maximum atomic E-state index is 12.9. The van der Waals surface area contributed by atoms with Crippen LogP contribution in [0.3, 0.4) is 0 Å². The van der Waals surface area contributed by atoms with Crippen molar-refractivity contribution in [3.05, 3.63) is 66.5 Å². The number of hydrogen-bond acceptors (Lipinski definition) is 6. The summed E-state index contributed by atoms with van der Waals surface area (Å²) in [6, 6.07) is 9.52. The van der Waals surface area contributed by atoms with Crippen molar-refractivity contribution in [2.24, 2.45) is 0 Å². The second-order valence-corrected chi connectivity index (χ2v) is 5.30. The molecule has 0 aliphatic carbocycles. The Hall–Kier alpha value is -3.55. The lowest BCUT2D eigenvalue weighted by atomic mass is 10.2. The van der Waals surface area contributed by atoms with E-state index in [0.717, 1.165) is 5.56 Å². The smallest absolute Gasteiger partial charge is 0.217 e. The van der Waals surface area contributed by atoms with E-state index in [4.69, 9.17) is 10.5 Å². The van der Waals surface area contributed by atoms with E-state index in [2.05, 4.69) is 20.1 Å². The maximum Gasteiger partial charge on any atom is 0.217 e. The van der Waals surface area contributed by atoms with Gasteiger partial charge in [0, 0.05) is 21.3 Å². The van der Waals surface area contributed by atoms with Crippen LogP contribution < -0.4 is 10.5 Å². The zero-order valence-corrected chi connectivity index (χ0v) is 13.0. The monoisotopic (exact) mass is 340 g/mol. The summed E-state index contributed by atoms with van der Waals surface area (Å²) in [5.41, 5.74) is 8.62. The molecule has 2 N–H and O–H groups in total. The zero-order valence-electron chi connectivity index (χ0n) is 13.0. The molecule has 0 radical (unpaired) electrons. The molecule has 3 heterocycles. The predicted molar refractivity (Wildman–Crippen MR) is 93.4 cm³/mol. The van der Waals surface area contributed by atoms with Crippen LogP contribution in [0.2, 0.25) is 0 Å². The van der Waals surface area contributed by atoms with Gasteiger partial charge < -0.3 is 10.5 Å². The van der Waals surface area contributed by atoms with Crippen LogP contribution in [-0.2, 0) is 6.61 Å². The Morgan fingerprint density at radius 2 is 2.00 bits per heavy atom. The molecule has 0 saturated heterocycles. The molecular weight excluding hydrogens is 323 g/mol. The van der Waals surface area contributed by atoms with Crippen LogP contribution in [0.5, 0.6) is 5.88 Å². The summed E-state index contributed by atoms with van der Waals surface area (Å²) in [6.45, 7) is 0.263. The summed E-state index contributed by atoms with van der Waals surface area (Å²) in [6.07, 6.45) is 4.81. The molecule has 3 aromatic heterocycles. The first-order valence-electron chi connectivity index (χ1n) is 7.49. The highest BCUT2D eigenvalue weighted by Crippen LogP contribution is 2.28. The van der Waals surface area contributed by atoms with Crippen molar-refractivity contribution in [3.63, 3.8) is 0 Å². The molecule has 0 amide bonds. The Kier molecular flexibility index (Phi) is 3.70. The molecule has 4 rings (SSSR count). The predicted octanol–water partition coefficient (Wildman–Crippen LogP) is 2.98. The first kappa shape index (κ1) is 15.0. The summed E-state index contributed by atoms with van der Waals surface area (Å²) >= 11 is 0. The average Bonchev–Trinajstić information content (AvgIpc) is 2.97. The third-order valence-corrected chi connectivity index (χ3v) is 3.62. The summed E-state index contributed by atoms with van der Waals surface area (Å²) in [7, 11) is 0. The van der Waals surface area contributed by atoms with Gasteiger partial charge in [-0.15, -0.1) is 5.10 Å². The summed E-state index contributed by atoms with van der Waals surface area (Å²) in [4.78, 5) is 12.6. The molecular formula is C17H17FN6O. The molecule has 0 fully saturated rings. The Bertz CT molecular complexity index is 1040. The van der Waals surface area contributed by atoms with Crippen LogP contribution >= 0.6 is 0 Å². The van der Waals surface area contributed by atoms with Crippen LogP contribution in [-0.4, -0.2) is 24.6 Å². The van der Waals surface area contributed by atoms with Crippen molar-refractivity contribution in [1.29, 1.82) is 0 Å². The van der Waals surface area contributed by atoms with Gasteiger partial charge >= 0.3 is 0 Å². The van der Waals surface area contributed by atoms with Crippen LogP contribution in [0.25, 0.3) is 16.9 Å². The average molecular weight is 340 g/mol. The molecule has 128 valence electrons. The molecule has 25 heavy (non-hydrogen) atoms. The number of ether oxygens (including phenoxy) is 1. The van der Waals surface area contributed by atoms with Crippen molar-refractivity contribution < 1.29 is 12.0 Å². The van der Waals surface area contributed by atoms with E-state index in [9.17, 15) is 4.39 Å². The summed E-state index contributed by atoms with van der Waals surface area (Å²) in [5.74, 6) is 0.412. The number of fused-ring (bicyclic) bond motifs is 1. The fraction of sp³-hybridized carbons (Fsp3) is 0.0588. The van der Waals surface area contributed by atoms with Crippen molar-refractivity contribution in [2.45, 2.75) is 6.61 Å². The number of halogens is 1. The van der Waals surface area contributed by atoms with E-state index in [-0.39, 0.29) is 15.3 Å². The van der Waals surface area contributed by atoms with E-state index < -0.39 is 0 Å². The lowest BCUT2D eigenvalue weighted by molar-refractivity contribution is 0.293. The number of aromatic nitrogens is 5. The summed E-state index contributed by atoms with van der Waals surface area (Å²) < 4.78 is 20.2. The van der Waals surface area contributed by atoms with Crippen molar-refractivity contribution >= 4 is 11.5 Å². The Morgan fingerprint density at radius 3 is 2.84 bits per heavy atom. The van der Waals surface area contributed by atoms with Crippen LogP contribution in [0.15, 0.2) is 55.1 Å². The number of nitrogens with zero attached hydrogens (tertiary/aromatic N) is 5. The highest BCUT2D eigenvalue weighted by molar-refractivity contribution is 5.84. The van der Waals surface area contributed by atoms with E-state index in [1.807, 2.05) is 0 Å². The Labute approximate surface area is 144 Å². The Morgan fingerprint density at radius 1 is 1.16 bits per heavy atom. The number of hydrogen-bond donors (Lipinski definition) is 1. The van der Waals surface area contributed by atoms with E-state index in [1.54, 1.807) is 41.2 Å². The third kappa shape index (κ3) is 2.97. The number of nitrogens with two attached hydrogens (primary N) is 1. The quantitative estimate of drug-likeness (QED) is 0.614. The SMILES string of the molecule is Nc1nn2cccnc2c1-c1cc(OCc2ccc(F)cc2)ncn1.[HH].[HH]. The van der Waals surface area contributed by atoms with E-state index in [1.165, 1.54) is 18.5 Å².